The SMILES string of the molecule is CC1=CC(O)CC2=CC(OC2=O)C(C(C)C)CCC(C)=CCC1. The predicted molar refractivity (Wildman–Crippen MR) is 92.9 cm³/mol. The number of aliphatic hydroxyl groups is 1. The second-order valence-corrected chi connectivity index (χ2v) is 7.38. The maximum Gasteiger partial charge on any atom is 0.334 e. The summed E-state index contributed by atoms with van der Waals surface area (Å²) in [5.41, 5.74) is 3.19. The van der Waals surface area contributed by atoms with E-state index < -0.39 is 6.10 Å². The molecule has 3 atom stereocenters. The highest BCUT2D eigenvalue weighted by molar-refractivity contribution is 5.91. The molecule has 128 valence electrons. The van der Waals surface area contributed by atoms with Gasteiger partial charge in [0, 0.05) is 17.9 Å². The molecule has 3 nitrogen and oxygen atoms in total. The zero-order valence-corrected chi connectivity index (χ0v) is 14.8. The fraction of sp³-hybridized carbons (Fsp3) is 0.650. The molecular weight excluding hydrogens is 288 g/mol. The van der Waals surface area contributed by atoms with Crippen LogP contribution in [0.5, 0.6) is 0 Å². The highest BCUT2D eigenvalue weighted by Crippen LogP contribution is 2.32. The van der Waals surface area contributed by atoms with Crippen LogP contribution in [0.4, 0.5) is 0 Å². The largest absolute Gasteiger partial charge is 0.454 e. The average molecular weight is 318 g/mol. The average Bonchev–Trinajstić information content (AvgIpc) is 2.78. The first-order chi connectivity index (χ1) is 10.9. The van der Waals surface area contributed by atoms with Crippen LogP contribution in [-0.4, -0.2) is 23.3 Å². The van der Waals surface area contributed by atoms with E-state index in [1.54, 1.807) is 0 Å². The van der Waals surface area contributed by atoms with E-state index in [1.807, 2.05) is 19.1 Å². The Morgan fingerprint density at radius 3 is 2.61 bits per heavy atom. The van der Waals surface area contributed by atoms with Gasteiger partial charge in [0.25, 0.3) is 0 Å². The molecule has 1 aliphatic carbocycles. The molecule has 0 aromatic heterocycles. The van der Waals surface area contributed by atoms with E-state index >= 15 is 0 Å². The quantitative estimate of drug-likeness (QED) is 0.578. The topological polar surface area (TPSA) is 46.5 Å². The van der Waals surface area contributed by atoms with Gasteiger partial charge in [0.1, 0.15) is 6.10 Å². The number of ether oxygens (including phenoxy) is 1. The maximum atomic E-state index is 12.1. The van der Waals surface area contributed by atoms with Crippen molar-refractivity contribution in [1.82, 2.24) is 0 Å². The third-order valence-electron chi connectivity index (χ3n) is 4.96. The van der Waals surface area contributed by atoms with Crippen molar-refractivity contribution in [2.75, 3.05) is 0 Å². The van der Waals surface area contributed by atoms with Crippen molar-refractivity contribution in [3.05, 3.63) is 34.9 Å². The van der Waals surface area contributed by atoms with Gasteiger partial charge in [-0.1, -0.05) is 37.1 Å². The van der Waals surface area contributed by atoms with Crippen LogP contribution in [0, 0.1) is 11.8 Å². The molecule has 0 radical (unpaired) electrons. The van der Waals surface area contributed by atoms with Gasteiger partial charge in [-0.3, -0.25) is 0 Å². The number of rotatable bonds is 1. The summed E-state index contributed by atoms with van der Waals surface area (Å²) in [6.45, 7) is 8.59. The van der Waals surface area contributed by atoms with E-state index in [-0.39, 0.29) is 12.1 Å². The summed E-state index contributed by atoms with van der Waals surface area (Å²) < 4.78 is 5.60. The van der Waals surface area contributed by atoms with Crippen LogP contribution in [0.3, 0.4) is 0 Å². The number of hydrogen-bond acceptors (Lipinski definition) is 3. The molecule has 0 fully saturated rings. The Morgan fingerprint density at radius 1 is 1.17 bits per heavy atom. The fourth-order valence-electron chi connectivity index (χ4n) is 3.48. The second kappa shape index (κ2) is 7.96. The Balaban J connectivity index is 2.25. The number of carbonyl (C=O) groups excluding carboxylic acids is 1. The molecule has 2 bridgehead atoms. The minimum Gasteiger partial charge on any atom is -0.454 e. The standard InChI is InChI=1S/C20H30O3/c1-13(2)18-9-8-14(3)6-5-7-15(4)10-17(21)11-16-12-19(18)23-20(16)22/h6,10,12-13,17-19,21H,5,7-9,11H2,1-4H3. The van der Waals surface area contributed by atoms with Crippen LogP contribution in [-0.2, 0) is 9.53 Å². The van der Waals surface area contributed by atoms with Crippen LogP contribution in [0.15, 0.2) is 34.9 Å². The first-order valence-electron chi connectivity index (χ1n) is 8.79. The van der Waals surface area contributed by atoms with Crippen LogP contribution in [0.25, 0.3) is 0 Å². The van der Waals surface area contributed by atoms with Crippen molar-refractivity contribution < 1.29 is 14.6 Å². The van der Waals surface area contributed by atoms with Crippen molar-refractivity contribution in [2.45, 2.75) is 72.0 Å². The molecule has 1 heterocycles. The smallest absolute Gasteiger partial charge is 0.334 e. The second-order valence-electron chi connectivity index (χ2n) is 7.38. The summed E-state index contributed by atoms with van der Waals surface area (Å²) in [6, 6.07) is 0. The summed E-state index contributed by atoms with van der Waals surface area (Å²) in [5.74, 6) is 0.529. The number of aliphatic hydroxyl groups excluding tert-OH is 1. The number of allylic oxidation sites excluding steroid dienone is 3. The van der Waals surface area contributed by atoms with Gasteiger partial charge in [-0.05, 0) is 51.5 Å². The Bertz CT molecular complexity index is 525. The summed E-state index contributed by atoms with van der Waals surface area (Å²) >= 11 is 0. The Hall–Kier alpha value is -1.35. The van der Waals surface area contributed by atoms with Crippen molar-refractivity contribution in [3.63, 3.8) is 0 Å². The summed E-state index contributed by atoms with van der Waals surface area (Å²) in [7, 11) is 0. The molecule has 0 aromatic rings. The van der Waals surface area contributed by atoms with Crippen LogP contribution >= 0.6 is 0 Å². The third-order valence-corrected chi connectivity index (χ3v) is 4.96. The predicted octanol–water partition coefficient (Wildman–Crippen LogP) is 4.33. The van der Waals surface area contributed by atoms with Crippen LogP contribution in [0.1, 0.15) is 59.8 Å². The molecule has 2 aliphatic rings. The lowest BCUT2D eigenvalue weighted by Crippen LogP contribution is -2.25. The van der Waals surface area contributed by atoms with Gasteiger partial charge in [0.15, 0.2) is 0 Å². The van der Waals surface area contributed by atoms with Crippen molar-refractivity contribution in [3.8, 4) is 0 Å². The van der Waals surface area contributed by atoms with E-state index in [9.17, 15) is 9.90 Å². The molecule has 3 heteroatoms. The van der Waals surface area contributed by atoms with Gasteiger partial charge < -0.3 is 9.84 Å². The van der Waals surface area contributed by atoms with Crippen LogP contribution in [0.2, 0.25) is 0 Å². The van der Waals surface area contributed by atoms with Gasteiger partial charge in [0.05, 0.1) is 6.10 Å². The number of fused-ring (bicyclic) bond motifs is 1. The van der Waals surface area contributed by atoms with E-state index in [0.29, 0.717) is 23.8 Å². The molecule has 1 N–H and O–H groups in total. The Morgan fingerprint density at radius 2 is 1.91 bits per heavy atom. The van der Waals surface area contributed by atoms with Gasteiger partial charge in [-0.25, -0.2) is 4.79 Å². The maximum absolute atomic E-state index is 12.1. The molecule has 23 heavy (non-hydrogen) atoms. The molecule has 0 aromatic carbocycles. The number of hydrogen-bond donors (Lipinski definition) is 1. The lowest BCUT2D eigenvalue weighted by molar-refractivity contribution is -0.142. The zero-order chi connectivity index (χ0) is 17.0. The highest BCUT2D eigenvalue weighted by atomic mass is 16.5. The molecule has 1 aliphatic heterocycles. The summed E-state index contributed by atoms with van der Waals surface area (Å²) in [5, 5.41) is 10.2. The first-order valence-corrected chi connectivity index (χ1v) is 8.79. The Labute approximate surface area is 140 Å². The highest BCUT2D eigenvalue weighted by Gasteiger charge is 2.33. The minimum atomic E-state index is -0.613. The summed E-state index contributed by atoms with van der Waals surface area (Å²) in [6.07, 6.45) is 9.75. The lowest BCUT2D eigenvalue weighted by atomic mass is 9.84. The van der Waals surface area contributed by atoms with Crippen molar-refractivity contribution in [2.24, 2.45) is 11.8 Å². The normalized spacial score (nSPS) is 30.3. The molecule has 0 amide bonds. The van der Waals surface area contributed by atoms with Crippen molar-refractivity contribution >= 4 is 5.97 Å². The minimum absolute atomic E-state index is 0.148. The molecule has 0 spiro atoms. The van der Waals surface area contributed by atoms with Crippen molar-refractivity contribution in [1.29, 1.82) is 0 Å². The summed E-state index contributed by atoms with van der Waals surface area (Å²) in [4.78, 5) is 12.1. The van der Waals surface area contributed by atoms with Gasteiger partial charge in [-0.2, -0.15) is 0 Å². The van der Waals surface area contributed by atoms with Gasteiger partial charge in [-0.15, -0.1) is 0 Å². The number of carbonyl (C=O) groups is 1. The van der Waals surface area contributed by atoms with Crippen LogP contribution < -0.4 is 0 Å². The zero-order valence-electron chi connectivity index (χ0n) is 14.8. The fourth-order valence-corrected chi connectivity index (χ4v) is 3.48. The lowest BCUT2D eigenvalue weighted by Gasteiger charge is -2.25. The van der Waals surface area contributed by atoms with Gasteiger partial charge >= 0.3 is 5.97 Å². The molecule has 2 rings (SSSR count). The Kier molecular flexibility index (Phi) is 6.23. The third kappa shape index (κ3) is 5.07. The number of esters is 1. The molecule has 3 unspecified atom stereocenters. The molecule has 0 saturated heterocycles. The van der Waals surface area contributed by atoms with E-state index in [2.05, 4.69) is 26.8 Å². The van der Waals surface area contributed by atoms with E-state index in [4.69, 9.17) is 4.74 Å². The van der Waals surface area contributed by atoms with E-state index in [1.165, 1.54) is 11.1 Å². The molecule has 0 saturated carbocycles. The van der Waals surface area contributed by atoms with Gasteiger partial charge in [0.2, 0.25) is 0 Å². The molecular formula is C20H30O3. The van der Waals surface area contributed by atoms with E-state index in [0.717, 1.165) is 25.7 Å². The first kappa shape index (κ1) is 18.0. The monoisotopic (exact) mass is 318 g/mol.